The lowest BCUT2D eigenvalue weighted by Crippen LogP contribution is -1.97. The van der Waals surface area contributed by atoms with Crippen LogP contribution >= 0.6 is 0 Å². The Morgan fingerprint density at radius 3 is 2.55 bits per heavy atom. The van der Waals surface area contributed by atoms with Crippen molar-refractivity contribution in [1.82, 2.24) is 9.78 Å². The van der Waals surface area contributed by atoms with Crippen LogP contribution < -0.4 is 0 Å². The predicted octanol–water partition coefficient (Wildman–Crippen LogP) is 5.46. The van der Waals surface area contributed by atoms with Gasteiger partial charge in [0.1, 0.15) is 0 Å². The van der Waals surface area contributed by atoms with Gasteiger partial charge in [-0.05, 0) is 42.5 Å². The van der Waals surface area contributed by atoms with Gasteiger partial charge in [-0.2, -0.15) is 5.10 Å². The third kappa shape index (κ3) is 3.93. The van der Waals surface area contributed by atoms with E-state index in [1.807, 2.05) is 13.0 Å². The van der Waals surface area contributed by atoms with Crippen molar-refractivity contribution in [3.05, 3.63) is 41.2 Å². The number of hydrogen-bond acceptors (Lipinski definition) is 1. The van der Waals surface area contributed by atoms with E-state index < -0.39 is 6.43 Å². The molecule has 2 rings (SSSR count). The number of nitrogens with zero attached hydrogens (tertiary/aromatic N) is 2. The SMILES string of the molecule is CCCCCCc1cc(-c2cnn(C)c2)c(C(F)F)cc1C. The van der Waals surface area contributed by atoms with Crippen LogP contribution in [0.25, 0.3) is 11.1 Å². The molecule has 0 saturated carbocycles. The van der Waals surface area contributed by atoms with Crippen molar-refractivity contribution in [2.45, 2.75) is 52.4 Å². The minimum atomic E-state index is -2.47. The molecule has 0 saturated heterocycles. The summed E-state index contributed by atoms with van der Waals surface area (Å²) in [6.07, 6.45) is 6.64. The van der Waals surface area contributed by atoms with Gasteiger partial charge in [-0.25, -0.2) is 8.78 Å². The van der Waals surface area contributed by atoms with E-state index in [9.17, 15) is 8.78 Å². The summed E-state index contributed by atoms with van der Waals surface area (Å²) in [6.45, 7) is 4.11. The van der Waals surface area contributed by atoms with E-state index in [1.54, 1.807) is 30.2 Å². The number of aryl methyl sites for hydroxylation is 3. The summed E-state index contributed by atoms with van der Waals surface area (Å²) in [5, 5.41) is 4.10. The van der Waals surface area contributed by atoms with Crippen LogP contribution in [0.2, 0.25) is 0 Å². The van der Waals surface area contributed by atoms with Gasteiger partial charge in [0.2, 0.25) is 0 Å². The fraction of sp³-hybridized carbons (Fsp3) is 0.500. The zero-order valence-corrected chi connectivity index (χ0v) is 13.6. The topological polar surface area (TPSA) is 17.8 Å². The molecule has 1 aromatic carbocycles. The molecule has 0 unspecified atom stereocenters. The standard InChI is InChI=1S/C18H24F2N2/c1-4-5-6-7-8-14-10-16(15-11-21-22(3)12-15)17(18(19)20)9-13(14)2/h9-12,18H,4-8H2,1-3H3. The zero-order chi connectivity index (χ0) is 16.1. The first-order valence-corrected chi connectivity index (χ1v) is 7.93. The van der Waals surface area contributed by atoms with Gasteiger partial charge in [0.05, 0.1) is 6.20 Å². The molecular weight excluding hydrogens is 282 g/mol. The molecule has 0 N–H and O–H groups in total. The van der Waals surface area contributed by atoms with Crippen molar-refractivity contribution in [1.29, 1.82) is 0 Å². The van der Waals surface area contributed by atoms with Gasteiger partial charge in [0.15, 0.2) is 0 Å². The van der Waals surface area contributed by atoms with Crippen LogP contribution in [-0.4, -0.2) is 9.78 Å². The van der Waals surface area contributed by atoms with Crippen molar-refractivity contribution in [3.8, 4) is 11.1 Å². The Hall–Kier alpha value is -1.71. The molecule has 0 aliphatic heterocycles. The van der Waals surface area contributed by atoms with Gasteiger partial charge >= 0.3 is 0 Å². The van der Waals surface area contributed by atoms with Crippen LogP contribution in [-0.2, 0) is 13.5 Å². The summed E-state index contributed by atoms with van der Waals surface area (Å²) in [7, 11) is 1.80. The second kappa shape index (κ2) is 7.52. The lowest BCUT2D eigenvalue weighted by molar-refractivity contribution is 0.152. The maximum absolute atomic E-state index is 13.4. The monoisotopic (exact) mass is 306 g/mol. The van der Waals surface area contributed by atoms with Gasteiger partial charge < -0.3 is 0 Å². The molecule has 120 valence electrons. The number of benzene rings is 1. The number of rotatable bonds is 7. The van der Waals surface area contributed by atoms with Crippen LogP contribution in [0.15, 0.2) is 24.5 Å². The lowest BCUT2D eigenvalue weighted by atomic mass is 9.93. The largest absolute Gasteiger partial charge is 0.275 e. The zero-order valence-electron chi connectivity index (χ0n) is 13.6. The fourth-order valence-electron chi connectivity index (χ4n) is 2.78. The Kier molecular flexibility index (Phi) is 5.69. The third-order valence-corrected chi connectivity index (χ3v) is 4.06. The van der Waals surface area contributed by atoms with E-state index in [1.165, 1.54) is 24.8 Å². The van der Waals surface area contributed by atoms with Crippen LogP contribution in [0.5, 0.6) is 0 Å². The molecule has 4 heteroatoms. The molecule has 2 aromatic rings. The van der Waals surface area contributed by atoms with E-state index in [2.05, 4.69) is 12.0 Å². The quantitative estimate of drug-likeness (QED) is 0.621. The summed E-state index contributed by atoms with van der Waals surface area (Å²) in [4.78, 5) is 0. The lowest BCUT2D eigenvalue weighted by Gasteiger charge is -2.13. The molecule has 2 nitrogen and oxygen atoms in total. The molecule has 0 spiro atoms. The molecule has 0 atom stereocenters. The fourth-order valence-corrected chi connectivity index (χ4v) is 2.78. The Morgan fingerprint density at radius 1 is 1.18 bits per heavy atom. The first-order chi connectivity index (χ1) is 10.5. The molecule has 0 aliphatic rings. The normalized spacial score (nSPS) is 11.4. The number of aromatic nitrogens is 2. The van der Waals surface area contributed by atoms with Crippen molar-refractivity contribution in [3.63, 3.8) is 0 Å². The van der Waals surface area contributed by atoms with Crippen molar-refractivity contribution in [2.24, 2.45) is 7.05 Å². The van der Waals surface area contributed by atoms with E-state index in [0.29, 0.717) is 5.56 Å². The molecule has 0 bridgehead atoms. The summed E-state index contributed by atoms with van der Waals surface area (Å²) < 4.78 is 28.4. The van der Waals surface area contributed by atoms with Gasteiger partial charge in [0, 0.05) is 24.4 Å². The van der Waals surface area contributed by atoms with E-state index in [4.69, 9.17) is 0 Å². The van der Waals surface area contributed by atoms with Crippen molar-refractivity contribution < 1.29 is 8.78 Å². The van der Waals surface area contributed by atoms with Gasteiger partial charge in [-0.1, -0.05) is 32.3 Å². The van der Waals surface area contributed by atoms with Crippen molar-refractivity contribution >= 4 is 0 Å². The molecule has 0 fully saturated rings. The second-order valence-corrected chi connectivity index (χ2v) is 5.88. The summed E-state index contributed by atoms with van der Waals surface area (Å²) in [5.74, 6) is 0. The Balaban J connectivity index is 2.32. The number of halogens is 2. The second-order valence-electron chi connectivity index (χ2n) is 5.88. The van der Waals surface area contributed by atoms with E-state index in [-0.39, 0.29) is 5.56 Å². The highest BCUT2D eigenvalue weighted by Crippen LogP contribution is 2.33. The number of alkyl halides is 2. The molecule has 0 radical (unpaired) electrons. The first-order valence-electron chi connectivity index (χ1n) is 7.93. The predicted molar refractivity (Wildman–Crippen MR) is 86.2 cm³/mol. The summed E-state index contributed by atoms with van der Waals surface area (Å²) in [5.41, 5.74) is 3.59. The summed E-state index contributed by atoms with van der Waals surface area (Å²) >= 11 is 0. The maximum atomic E-state index is 13.4. The van der Waals surface area contributed by atoms with Crippen LogP contribution in [0.3, 0.4) is 0 Å². The van der Waals surface area contributed by atoms with Gasteiger partial charge in [-0.3, -0.25) is 4.68 Å². The highest BCUT2D eigenvalue weighted by atomic mass is 19.3. The smallest absolute Gasteiger partial charge is 0.264 e. The molecule has 22 heavy (non-hydrogen) atoms. The van der Waals surface area contributed by atoms with Crippen LogP contribution in [0, 0.1) is 6.92 Å². The summed E-state index contributed by atoms with van der Waals surface area (Å²) in [6, 6.07) is 3.57. The minimum Gasteiger partial charge on any atom is -0.275 e. The highest BCUT2D eigenvalue weighted by Gasteiger charge is 2.17. The maximum Gasteiger partial charge on any atom is 0.264 e. The van der Waals surface area contributed by atoms with Gasteiger partial charge in [0.25, 0.3) is 6.43 Å². The molecule has 1 aromatic heterocycles. The Bertz CT molecular complexity index is 618. The Morgan fingerprint density at radius 2 is 1.95 bits per heavy atom. The molecule has 1 heterocycles. The first kappa shape index (κ1) is 16.7. The van der Waals surface area contributed by atoms with Gasteiger partial charge in [-0.15, -0.1) is 0 Å². The molecule has 0 aliphatic carbocycles. The minimum absolute atomic E-state index is 0.0998. The highest BCUT2D eigenvalue weighted by molar-refractivity contribution is 5.68. The van der Waals surface area contributed by atoms with Crippen LogP contribution in [0.1, 0.15) is 55.7 Å². The Labute approximate surface area is 131 Å². The van der Waals surface area contributed by atoms with Crippen LogP contribution in [0.4, 0.5) is 8.78 Å². The van der Waals surface area contributed by atoms with E-state index >= 15 is 0 Å². The molecular formula is C18H24F2N2. The number of unbranched alkanes of at least 4 members (excludes halogenated alkanes) is 3. The average molecular weight is 306 g/mol. The molecule has 0 amide bonds. The average Bonchev–Trinajstić information content (AvgIpc) is 2.91. The van der Waals surface area contributed by atoms with Crippen molar-refractivity contribution in [2.75, 3.05) is 0 Å². The number of hydrogen-bond donors (Lipinski definition) is 0. The third-order valence-electron chi connectivity index (χ3n) is 4.06. The van der Waals surface area contributed by atoms with E-state index in [0.717, 1.165) is 24.0 Å².